The minimum absolute atomic E-state index is 0.0341. The molecule has 2 N–H and O–H groups in total. The third kappa shape index (κ3) is 2.85. The number of likely N-dealkylation sites (tertiary alicyclic amines) is 1. The van der Waals surface area contributed by atoms with E-state index >= 15 is 0 Å². The average Bonchev–Trinajstić information content (AvgIpc) is 2.85. The van der Waals surface area contributed by atoms with Crippen molar-refractivity contribution in [3.8, 4) is 0 Å². The SMILES string of the molecule is C[C@@H](C(=O)Nc1ccc(F)cc1F)[NH+]1CCCC1. The summed E-state index contributed by atoms with van der Waals surface area (Å²) in [7, 11) is 0. The molecule has 1 saturated heterocycles. The number of rotatable bonds is 3. The van der Waals surface area contributed by atoms with Crippen LogP contribution in [0.25, 0.3) is 0 Å². The summed E-state index contributed by atoms with van der Waals surface area (Å²) >= 11 is 0. The molecule has 0 saturated carbocycles. The van der Waals surface area contributed by atoms with Gasteiger partial charge in [0.05, 0.1) is 18.8 Å². The molecule has 1 amide bonds. The molecule has 1 fully saturated rings. The van der Waals surface area contributed by atoms with Gasteiger partial charge in [-0.3, -0.25) is 4.79 Å². The summed E-state index contributed by atoms with van der Waals surface area (Å²) in [6, 6.07) is 2.93. The molecule has 0 spiro atoms. The molecular weight excluding hydrogens is 238 g/mol. The summed E-state index contributed by atoms with van der Waals surface area (Å²) in [6.07, 6.45) is 2.25. The van der Waals surface area contributed by atoms with Crippen LogP contribution in [0.5, 0.6) is 0 Å². The van der Waals surface area contributed by atoms with Crippen LogP contribution in [-0.4, -0.2) is 25.0 Å². The van der Waals surface area contributed by atoms with Gasteiger partial charge in [-0.05, 0) is 19.1 Å². The Morgan fingerprint density at radius 2 is 2.00 bits per heavy atom. The maximum absolute atomic E-state index is 13.4. The Bertz CT molecular complexity index is 445. The van der Waals surface area contributed by atoms with E-state index in [1.165, 1.54) is 11.0 Å². The Morgan fingerprint density at radius 3 is 2.61 bits per heavy atom. The number of hydrogen-bond acceptors (Lipinski definition) is 1. The van der Waals surface area contributed by atoms with Crippen molar-refractivity contribution < 1.29 is 18.5 Å². The molecule has 0 aliphatic carbocycles. The van der Waals surface area contributed by atoms with Crippen LogP contribution in [0.2, 0.25) is 0 Å². The number of hydrogen-bond donors (Lipinski definition) is 2. The van der Waals surface area contributed by atoms with Crippen molar-refractivity contribution in [1.82, 2.24) is 0 Å². The number of benzene rings is 1. The highest BCUT2D eigenvalue weighted by Crippen LogP contribution is 2.14. The van der Waals surface area contributed by atoms with Gasteiger partial charge in [-0.25, -0.2) is 8.78 Å². The maximum atomic E-state index is 13.4. The summed E-state index contributed by atoms with van der Waals surface area (Å²) in [5.41, 5.74) is 0.0341. The molecule has 1 aliphatic heterocycles. The first-order valence-corrected chi connectivity index (χ1v) is 6.18. The van der Waals surface area contributed by atoms with E-state index in [4.69, 9.17) is 0 Å². The second kappa shape index (κ2) is 5.44. The number of nitrogens with one attached hydrogen (secondary N) is 2. The van der Waals surface area contributed by atoms with Crippen LogP contribution in [0.4, 0.5) is 14.5 Å². The first-order valence-electron chi connectivity index (χ1n) is 6.18. The third-order valence-corrected chi connectivity index (χ3v) is 3.44. The fourth-order valence-corrected chi connectivity index (χ4v) is 2.28. The van der Waals surface area contributed by atoms with Crippen molar-refractivity contribution >= 4 is 11.6 Å². The molecule has 0 bridgehead atoms. The largest absolute Gasteiger partial charge is 0.325 e. The van der Waals surface area contributed by atoms with E-state index in [0.29, 0.717) is 0 Å². The molecule has 98 valence electrons. The number of carbonyl (C=O) groups is 1. The topological polar surface area (TPSA) is 33.5 Å². The van der Waals surface area contributed by atoms with E-state index in [-0.39, 0.29) is 17.6 Å². The second-order valence-electron chi connectivity index (χ2n) is 4.70. The fourth-order valence-electron chi connectivity index (χ4n) is 2.28. The summed E-state index contributed by atoms with van der Waals surface area (Å²) in [4.78, 5) is 13.2. The molecule has 1 heterocycles. The summed E-state index contributed by atoms with van der Waals surface area (Å²) < 4.78 is 26.1. The molecule has 18 heavy (non-hydrogen) atoms. The molecule has 1 atom stereocenters. The van der Waals surface area contributed by atoms with Crippen LogP contribution < -0.4 is 10.2 Å². The fraction of sp³-hybridized carbons (Fsp3) is 0.462. The number of anilines is 1. The van der Waals surface area contributed by atoms with Crippen molar-refractivity contribution in [2.45, 2.75) is 25.8 Å². The minimum Gasteiger partial charge on any atom is -0.325 e. The Balaban J connectivity index is 2.01. The van der Waals surface area contributed by atoms with Crippen LogP contribution in [0, 0.1) is 11.6 Å². The lowest BCUT2D eigenvalue weighted by molar-refractivity contribution is -0.901. The third-order valence-electron chi connectivity index (χ3n) is 3.44. The van der Waals surface area contributed by atoms with Gasteiger partial charge in [0.1, 0.15) is 11.6 Å². The Kier molecular flexibility index (Phi) is 3.91. The van der Waals surface area contributed by atoms with Gasteiger partial charge in [-0.1, -0.05) is 0 Å². The van der Waals surface area contributed by atoms with Crippen molar-refractivity contribution in [2.75, 3.05) is 18.4 Å². The van der Waals surface area contributed by atoms with Crippen LogP contribution in [0.3, 0.4) is 0 Å². The molecule has 0 radical (unpaired) electrons. The number of carbonyl (C=O) groups excluding carboxylic acids is 1. The molecular formula is C13H17F2N2O+. The standard InChI is InChI=1S/C13H16F2N2O/c1-9(17-6-2-3-7-17)13(18)16-12-5-4-10(14)8-11(12)15/h4-5,8-9H,2-3,6-7H2,1H3,(H,16,18)/p+1/t9-/m0/s1. The lowest BCUT2D eigenvalue weighted by atomic mass is 10.2. The monoisotopic (exact) mass is 255 g/mol. The Hall–Kier alpha value is -1.49. The number of halogens is 2. The Morgan fingerprint density at radius 1 is 1.33 bits per heavy atom. The van der Waals surface area contributed by atoms with E-state index in [1.807, 2.05) is 6.92 Å². The van der Waals surface area contributed by atoms with Crippen LogP contribution in [-0.2, 0) is 4.79 Å². The van der Waals surface area contributed by atoms with Crippen LogP contribution >= 0.6 is 0 Å². The van der Waals surface area contributed by atoms with Gasteiger partial charge < -0.3 is 10.2 Å². The molecule has 3 nitrogen and oxygen atoms in total. The second-order valence-corrected chi connectivity index (χ2v) is 4.70. The van der Waals surface area contributed by atoms with E-state index in [2.05, 4.69) is 5.32 Å². The number of quaternary nitrogens is 1. The normalized spacial score (nSPS) is 17.7. The maximum Gasteiger partial charge on any atom is 0.282 e. The summed E-state index contributed by atoms with van der Waals surface area (Å²) in [5.74, 6) is -1.62. The molecule has 1 aliphatic rings. The lowest BCUT2D eigenvalue weighted by Crippen LogP contribution is -3.14. The van der Waals surface area contributed by atoms with Crippen molar-refractivity contribution in [2.24, 2.45) is 0 Å². The van der Waals surface area contributed by atoms with E-state index in [9.17, 15) is 13.6 Å². The van der Waals surface area contributed by atoms with Gasteiger partial charge >= 0.3 is 0 Å². The van der Waals surface area contributed by atoms with E-state index in [1.54, 1.807) is 0 Å². The minimum atomic E-state index is -0.744. The van der Waals surface area contributed by atoms with E-state index < -0.39 is 11.6 Å². The van der Waals surface area contributed by atoms with Crippen molar-refractivity contribution in [3.05, 3.63) is 29.8 Å². The van der Waals surface area contributed by atoms with Gasteiger partial charge in [-0.15, -0.1) is 0 Å². The molecule has 0 unspecified atom stereocenters. The average molecular weight is 255 g/mol. The summed E-state index contributed by atoms with van der Waals surface area (Å²) in [5, 5.41) is 2.51. The zero-order valence-corrected chi connectivity index (χ0v) is 10.3. The quantitative estimate of drug-likeness (QED) is 0.829. The van der Waals surface area contributed by atoms with Crippen molar-refractivity contribution in [3.63, 3.8) is 0 Å². The highest BCUT2D eigenvalue weighted by atomic mass is 19.1. The predicted octanol–water partition coefficient (Wildman–Crippen LogP) is 0.970. The predicted molar refractivity (Wildman–Crippen MR) is 64.4 cm³/mol. The molecule has 2 rings (SSSR count). The van der Waals surface area contributed by atoms with Gasteiger partial charge in [0.25, 0.3) is 5.91 Å². The van der Waals surface area contributed by atoms with E-state index in [0.717, 1.165) is 38.1 Å². The van der Waals surface area contributed by atoms with Crippen molar-refractivity contribution in [1.29, 1.82) is 0 Å². The first kappa shape index (κ1) is 13.0. The van der Waals surface area contributed by atoms with Gasteiger partial charge in [0, 0.05) is 18.9 Å². The van der Waals surface area contributed by atoms with Gasteiger partial charge in [-0.2, -0.15) is 0 Å². The molecule has 1 aromatic carbocycles. The highest BCUT2D eigenvalue weighted by molar-refractivity contribution is 5.93. The highest BCUT2D eigenvalue weighted by Gasteiger charge is 2.28. The first-order chi connectivity index (χ1) is 8.58. The Labute approximate surface area is 105 Å². The smallest absolute Gasteiger partial charge is 0.282 e. The molecule has 0 aromatic heterocycles. The van der Waals surface area contributed by atoms with Gasteiger partial charge in [0.15, 0.2) is 6.04 Å². The van der Waals surface area contributed by atoms with Gasteiger partial charge in [0.2, 0.25) is 0 Å². The zero-order chi connectivity index (χ0) is 13.1. The van der Waals surface area contributed by atoms with Crippen LogP contribution in [0.15, 0.2) is 18.2 Å². The lowest BCUT2D eigenvalue weighted by Gasteiger charge is -2.20. The molecule has 5 heteroatoms. The zero-order valence-electron chi connectivity index (χ0n) is 10.3. The van der Waals surface area contributed by atoms with Crippen LogP contribution in [0.1, 0.15) is 19.8 Å². The molecule has 1 aromatic rings. The summed E-state index contributed by atoms with van der Waals surface area (Å²) in [6.45, 7) is 3.78. The number of amides is 1.